The first-order valence-electron chi connectivity index (χ1n) is 9.57. The number of rotatable bonds is 3. The molecule has 1 atom stereocenters. The molecule has 4 rings (SSSR count). The summed E-state index contributed by atoms with van der Waals surface area (Å²) in [6.45, 7) is 2.70. The van der Waals surface area contributed by atoms with Gasteiger partial charge in [-0.05, 0) is 31.4 Å². The Morgan fingerprint density at radius 1 is 1.15 bits per heavy atom. The van der Waals surface area contributed by atoms with Crippen LogP contribution in [0, 0.1) is 6.92 Å². The van der Waals surface area contributed by atoms with Gasteiger partial charge in [-0.25, -0.2) is 9.50 Å². The molecule has 0 bridgehead atoms. The minimum Gasteiger partial charge on any atom is -0.332 e. The number of hydrogen-bond donors (Lipinski definition) is 0. The maximum absolute atomic E-state index is 13.4. The van der Waals surface area contributed by atoms with Crippen LogP contribution in [-0.4, -0.2) is 38.0 Å². The number of nitrogens with zero attached hydrogens (tertiary/aromatic N) is 4. The van der Waals surface area contributed by atoms with Gasteiger partial charge in [0.25, 0.3) is 5.91 Å². The Labute approximate surface area is 159 Å². The van der Waals surface area contributed by atoms with Crippen LogP contribution in [0.5, 0.6) is 0 Å². The molecule has 0 saturated carbocycles. The molecule has 5 heteroatoms. The lowest BCUT2D eigenvalue weighted by molar-refractivity contribution is 0.0720. The summed E-state index contributed by atoms with van der Waals surface area (Å²) in [7, 11) is 0. The van der Waals surface area contributed by atoms with E-state index in [1.807, 2.05) is 42.3 Å². The van der Waals surface area contributed by atoms with Gasteiger partial charge in [-0.1, -0.05) is 55.3 Å². The van der Waals surface area contributed by atoms with Gasteiger partial charge in [-0.15, -0.1) is 0 Å². The third kappa shape index (κ3) is 3.77. The van der Waals surface area contributed by atoms with E-state index in [0.29, 0.717) is 11.2 Å². The van der Waals surface area contributed by atoms with E-state index in [0.717, 1.165) is 43.5 Å². The second kappa shape index (κ2) is 7.74. The first-order chi connectivity index (χ1) is 13.2. The number of hydrogen-bond acceptors (Lipinski definition) is 3. The number of carbonyl (C=O) groups excluding carboxylic acids is 1. The summed E-state index contributed by atoms with van der Waals surface area (Å²) < 4.78 is 1.67. The zero-order valence-electron chi connectivity index (χ0n) is 15.6. The molecule has 5 nitrogen and oxygen atoms in total. The Kier molecular flexibility index (Phi) is 5.01. The number of likely N-dealkylation sites (tertiary alicyclic amines) is 1. The van der Waals surface area contributed by atoms with Crippen molar-refractivity contribution in [3.8, 4) is 0 Å². The third-order valence-corrected chi connectivity index (χ3v) is 5.11. The van der Waals surface area contributed by atoms with E-state index in [9.17, 15) is 4.79 Å². The zero-order chi connectivity index (χ0) is 18.6. The fraction of sp³-hybridized carbons (Fsp3) is 0.318. The third-order valence-electron chi connectivity index (χ3n) is 5.11. The van der Waals surface area contributed by atoms with Gasteiger partial charge in [0.1, 0.15) is 5.56 Å². The Bertz CT molecular complexity index is 961. The van der Waals surface area contributed by atoms with Crippen LogP contribution < -0.4 is 0 Å². The van der Waals surface area contributed by atoms with Crippen molar-refractivity contribution in [2.45, 2.75) is 38.6 Å². The molecule has 0 radical (unpaired) electrons. The van der Waals surface area contributed by atoms with Gasteiger partial charge in [0, 0.05) is 18.4 Å². The van der Waals surface area contributed by atoms with Crippen molar-refractivity contribution >= 4 is 17.6 Å². The van der Waals surface area contributed by atoms with E-state index >= 15 is 0 Å². The monoisotopic (exact) mass is 360 g/mol. The minimum atomic E-state index is 0.0210. The first kappa shape index (κ1) is 17.5. The molecule has 27 heavy (non-hydrogen) atoms. The van der Waals surface area contributed by atoms with Crippen LogP contribution in [0.3, 0.4) is 0 Å². The van der Waals surface area contributed by atoms with Crippen LogP contribution in [0.15, 0.2) is 54.9 Å². The van der Waals surface area contributed by atoms with E-state index in [-0.39, 0.29) is 11.9 Å². The number of benzene rings is 1. The molecule has 0 N–H and O–H groups in total. The zero-order valence-corrected chi connectivity index (χ0v) is 15.6. The lowest BCUT2D eigenvalue weighted by Crippen LogP contribution is -2.39. The fourth-order valence-corrected chi connectivity index (χ4v) is 3.64. The maximum Gasteiger partial charge on any atom is 0.259 e. The van der Waals surface area contributed by atoms with Crippen LogP contribution in [0.2, 0.25) is 0 Å². The van der Waals surface area contributed by atoms with Gasteiger partial charge in [-0.2, -0.15) is 5.10 Å². The summed E-state index contributed by atoms with van der Waals surface area (Å²) in [5.41, 5.74) is 3.25. The quantitative estimate of drug-likeness (QED) is 0.705. The normalized spacial score (nSPS) is 18.1. The summed E-state index contributed by atoms with van der Waals surface area (Å²) in [4.78, 5) is 19.9. The minimum absolute atomic E-state index is 0.0210. The van der Waals surface area contributed by atoms with Crippen molar-refractivity contribution in [1.82, 2.24) is 19.5 Å². The molecule has 1 aromatic carbocycles. The molecule has 3 heterocycles. The summed E-state index contributed by atoms with van der Waals surface area (Å²) in [6, 6.07) is 12.2. The SMILES string of the molecule is Cc1ccn2ncc(C(=O)N3CCCCCC3/C=C/c3ccccc3)c2n1. The van der Waals surface area contributed by atoms with E-state index in [1.54, 1.807) is 10.7 Å². The predicted molar refractivity (Wildman–Crippen MR) is 106 cm³/mol. The highest BCUT2D eigenvalue weighted by molar-refractivity contribution is 6.00. The molecule has 1 saturated heterocycles. The molecular weight excluding hydrogens is 336 g/mol. The van der Waals surface area contributed by atoms with Crippen molar-refractivity contribution in [2.75, 3.05) is 6.54 Å². The standard InChI is InChI=1S/C22H24N4O/c1-17-13-15-26-21(24-17)20(16-23-26)22(27)25-14-7-3-6-10-19(25)12-11-18-8-4-2-5-9-18/h2,4-5,8-9,11-13,15-16,19H,3,6-7,10,14H2,1H3/b12-11+. The molecule has 1 aliphatic rings. The molecule has 1 unspecified atom stereocenters. The van der Waals surface area contributed by atoms with E-state index < -0.39 is 0 Å². The molecule has 2 aromatic heterocycles. The van der Waals surface area contributed by atoms with Crippen molar-refractivity contribution in [2.24, 2.45) is 0 Å². The summed E-state index contributed by atoms with van der Waals surface area (Å²) >= 11 is 0. The number of fused-ring (bicyclic) bond motifs is 1. The summed E-state index contributed by atoms with van der Waals surface area (Å²) in [6.07, 6.45) is 12.1. The average molecular weight is 360 g/mol. The number of amides is 1. The molecule has 1 amide bonds. The molecule has 1 fully saturated rings. The van der Waals surface area contributed by atoms with E-state index in [1.165, 1.54) is 0 Å². The van der Waals surface area contributed by atoms with E-state index in [2.05, 4.69) is 34.4 Å². The second-order valence-electron chi connectivity index (χ2n) is 7.08. The van der Waals surface area contributed by atoms with Crippen LogP contribution in [0.1, 0.15) is 47.3 Å². The number of carbonyl (C=O) groups is 1. The van der Waals surface area contributed by atoms with Crippen LogP contribution >= 0.6 is 0 Å². The highest BCUT2D eigenvalue weighted by Crippen LogP contribution is 2.22. The summed E-state index contributed by atoms with van der Waals surface area (Å²) in [5, 5.41) is 4.31. The molecular formula is C22H24N4O. The fourth-order valence-electron chi connectivity index (χ4n) is 3.64. The molecule has 0 aliphatic carbocycles. The van der Waals surface area contributed by atoms with Gasteiger partial charge in [0.15, 0.2) is 5.65 Å². The second-order valence-corrected chi connectivity index (χ2v) is 7.08. The largest absolute Gasteiger partial charge is 0.332 e. The summed E-state index contributed by atoms with van der Waals surface area (Å²) in [5.74, 6) is 0.0210. The van der Waals surface area contributed by atoms with Crippen LogP contribution in [0.25, 0.3) is 11.7 Å². The van der Waals surface area contributed by atoms with Crippen LogP contribution in [0.4, 0.5) is 0 Å². The van der Waals surface area contributed by atoms with Gasteiger partial charge in [0.05, 0.1) is 12.2 Å². The van der Waals surface area contributed by atoms with Crippen molar-refractivity contribution < 1.29 is 4.79 Å². The van der Waals surface area contributed by atoms with Crippen molar-refractivity contribution in [1.29, 1.82) is 0 Å². The van der Waals surface area contributed by atoms with Gasteiger partial charge < -0.3 is 4.90 Å². The number of aryl methyl sites for hydroxylation is 1. The molecule has 1 aliphatic heterocycles. The topological polar surface area (TPSA) is 50.5 Å². The lowest BCUT2D eigenvalue weighted by atomic mass is 10.1. The predicted octanol–water partition coefficient (Wildman–Crippen LogP) is 4.14. The Morgan fingerprint density at radius 3 is 2.85 bits per heavy atom. The van der Waals surface area contributed by atoms with Crippen molar-refractivity contribution in [3.63, 3.8) is 0 Å². The van der Waals surface area contributed by atoms with Gasteiger partial charge in [-0.3, -0.25) is 4.79 Å². The average Bonchev–Trinajstić information content (AvgIpc) is 2.96. The number of aromatic nitrogens is 3. The van der Waals surface area contributed by atoms with Gasteiger partial charge in [0.2, 0.25) is 0 Å². The Hall–Kier alpha value is -2.95. The Morgan fingerprint density at radius 2 is 2.00 bits per heavy atom. The van der Waals surface area contributed by atoms with E-state index in [4.69, 9.17) is 0 Å². The molecule has 0 spiro atoms. The smallest absolute Gasteiger partial charge is 0.259 e. The Balaban J connectivity index is 1.64. The van der Waals surface area contributed by atoms with Crippen molar-refractivity contribution in [3.05, 3.63) is 71.7 Å². The molecule has 138 valence electrons. The highest BCUT2D eigenvalue weighted by atomic mass is 16.2. The highest BCUT2D eigenvalue weighted by Gasteiger charge is 2.27. The maximum atomic E-state index is 13.4. The first-order valence-corrected chi connectivity index (χ1v) is 9.57. The van der Waals surface area contributed by atoms with Gasteiger partial charge >= 0.3 is 0 Å². The van der Waals surface area contributed by atoms with Crippen LogP contribution in [-0.2, 0) is 0 Å². The lowest BCUT2D eigenvalue weighted by Gasteiger charge is -2.27. The molecule has 3 aromatic rings.